The SMILES string of the molecule is Cn1cc(CN2CCc3[nH]nc([C@@H]4COc5ccccc5O4)c3C2)cn1. The molecule has 2 aromatic heterocycles. The fraction of sp³-hybridized carbons (Fsp3) is 0.368. The number of ether oxygens (including phenoxy) is 2. The largest absolute Gasteiger partial charge is 0.485 e. The highest BCUT2D eigenvalue weighted by molar-refractivity contribution is 5.42. The van der Waals surface area contributed by atoms with E-state index >= 15 is 0 Å². The van der Waals surface area contributed by atoms with Gasteiger partial charge in [0.2, 0.25) is 0 Å². The topological polar surface area (TPSA) is 68.2 Å². The van der Waals surface area contributed by atoms with E-state index in [9.17, 15) is 0 Å². The van der Waals surface area contributed by atoms with Gasteiger partial charge in [-0.25, -0.2) is 0 Å². The number of para-hydroxylation sites is 2. The van der Waals surface area contributed by atoms with E-state index in [0.29, 0.717) is 6.61 Å². The van der Waals surface area contributed by atoms with Crippen molar-refractivity contribution in [2.24, 2.45) is 7.05 Å². The number of hydrogen-bond acceptors (Lipinski definition) is 5. The molecule has 2 aliphatic heterocycles. The van der Waals surface area contributed by atoms with Crippen LogP contribution in [0.4, 0.5) is 0 Å². The first-order valence-electron chi connectivity index (χ1n) is 8.90. The molecular formula is C19H21N5O2. The quantitative estimate of drug-likeness (QED) is 0.784. The summed E-state index contributed by atoms with van der Waals surface area (Å²) in [5.41, 5.74) is 4.65. The smallest absolute Gasteiger partial charge is 0.177 e. The summed E-state index contributed by atoms with van der Waals surface area (Å²) < 4.78 is 13.9. The maximum absolute atomic E-state index is 6.16. The molecule has 0 aliphatic carbocycles. The highest BCUT2D eigenvalue weighted by Gasteiger charge is 2.30. The summed E-state index contributed by atoms with van der Waals surface area (Å²) in [6.45, 7) is 3.24. The fourth-order valence-corrected chi connectivity index (χ4v) is 3.74. The molecule has 2 aliphatic rings. The molecule has 26 heavy (non-hydrogen) atoms. The van der Waals surface area contributed by atoms with E-state index < -0.39 is 0 Å². The van der Waals surface area contributed by atoms with E-state index in [1.807, 2.05) is 42.2 Å². The Bertz CT molecular complexity index is 932. The molecule has 1 N–H and O–H groups in total. The van der Waals surface area contributed by atoms with Crippen molar-refractivity contribution in [2.45, 2.75) is 25.6 Å². The Morgan fingerprint density at radius 1 is 1.27 bits per heavy atom. The maximum Gasteiger partial charge on any atom is 0.177 e. The first-order chi connectivity index (χ1) is 12.8. The van der Waals surface area contributed by atoms with Crippen LogP contribution in [0.25, 0.3) is 0 Å². The Labute approximate surface area is 151 Å². The van der Waals surface area contributed by atoms with Gasteiger partial charge in [-0.15, -0.1) is 0 Å². The second-order valence-electron chi connectivity index (χ2n) is 6.91. The lowest BCUT2D eigenvalue weighted by Crippen LogP contribution is -2.31. The van der Waals surface area contributed by atoms with E-state index in [2.05, 4.69) is 26.4 Å². The second-order valence-corrected chi connectivity index (χ2v) is 6.91. The van der Waals surface area contributed by atoms with Crippen LogP contribution in [0.5, 0.6) is 11.5 Å². The maximum atomic E-state index is 6.16. The van der Waals surface area contributed by atoms with Crippen LogP contribution in [0.1, 0.15) is 28.6 Å². The number of benzene rings is 1. The Balaban J connectivity index is 1.36. The van der Waals surface area contributed by atoms with E-state index in [1.165, 1.54) is 16.8 Å². The molecule has 0 radical (unpaired) electrons. The van der Waals surface area contributed by atoms with Crippen LogP contribution in [0.3, 0.4) is 0 Å². The van der Waals surface area contributed by atoms with Crippen molar-refractivity contribution >= 4 is 0 Å². The molecule has 0 bridgehead atoms. The first kappa shape index (κ1) is 15.5. The molecule has 5 rings (SSSR count). The van der Waals surface area contributed by atoms with Crippen LogP contribution in [0.15, 0.2) is 36.7 Å². The molecule has 7 nitrogen and oxygen atoms in total. The number of aromatic nitrogens is 4. The normalized spacial score (nSPS) is 19.3. The summed E-state index contributed by atoms with van der Waals surface area (Å²) in [5, 5.41) is 12.0. The lowest BCUT2D eigenvalue weighted by Gasteiger charge is -2.29. The molecule has 0 fully saturated rings. The fourth-order valence-electron chi connectivity index (χ4n) is 3.74. The van der Waals surface area contributed by atoms with Crippen LogP contribution in [-0.4, -0.2) is 38.0 Å². The molecule has 7 heteroatoms. The number of nitrogens with one attached hydrogen (secondary N) is 1. The van der Waals surface area contributed by atoms with Gasteiger partial charge in [0, 0.05) is 56.1 Å². The lowest BCUT2D eigenvalue weighted by molar-refractivity contribution is 0.0867. The van der Waals surface area contributed by atoms with Gasteiger partial charge < -0.3 is 9.47 Å². The average molecular weight is 351 g/mol. The molecule has 0 saturated heterocycles. The molecule has 4 heterocycles. The monoisotopic (exact) mass is 351 g/mol. The van der Waals surface area contributed by atoms with Gasteiger partial charge in [0.25, 0.3) is 0 Å². The summed E-state index contributed by atoms with van der Waals surface area (Å²) in [6.07, 6.45) is 4.79. The molecule has 1 atom stereocenters. The predicted octanol–water partition coefficient (Wildman–Crippen LogP) is 2.21. The zero-order valence-corrected chi connectivity index (χ0v) is 14.7. The van der Waals surface area contributed by atoms with Gasteiger partial charge in [0.05, 0.1) is 6.20 Å². The molecule has 0 spiro atoms. The zero-order chi connectivity index (χ0) is 17.5. The zero-order valence-electron chi connectivity index (χ0n) is 14.7. The van der Waals surface area contributed by atoms with Crippen molar-refractivity contribution in [2.75, 3.05) is 13.2 Å². The number of fused-ring (bicyclic) bond motifs is 2. The molecule has 1 aromatic carbocycles. The summed E-state index contributed by atoms with van der Waals surface area (Å²) in [4.78, 5) is 2.43. The number of rotatable bonds is 3. The molecule has 0 saturated carbocycles. The summed E-state index contributed by atoms with van der Waals surface area (Å²) in [6, 6.07) is 7.78. The molecule has 0 amide bonds. The van der Waals surface area contributed by atoms with Gasteiger partial charge in [-0.2, -0.15) is 10.2 Å². The van der Waals surface area contributed by atoms with E-state index in [4.69, 9.17) is 9.47 Å². The first-order valence-corrected chi connectivity index (χ1v) is 8.90. The predicted molar refractivity (Wildman–Crippen MR) is 94.9 cm³/mol. The van der Waals surface area contributed by atoms with Crippen LogP contribution in [-0.2, 0) is 26.6 Å². The van der Waals surface area contributed by atoms with Crippen molar-refractivity contribution in [3.05, 3.63) is 59.2 Å². The van der Waals surface area contributed by atoms with E-state index in [1.54, 1.807) is 0 Å². The minimum atomic E-state index is -0.178. The minimum Gasteiger partial charge on any atom is -0.485 e. The van der Waals surface area contributed by atoms with Crippen molar-refractivity contribution in [1.82, 2.24) is 24.9 Å². The summed E-state index contributed by atoms with van der Waals surface area (Å²) in [5.74, 6) is 1.58. The average Bonchev–Trinajstić information content (AvgIpc) is 3.27. The number of aryl methyl sites for hydroxylation is 1. The standard InChI is InChI=1S/C19H21N5O2/c1-23-9-13(8-20-23)10-24-7-6-15-14(11-24)19(22-21-15)18-12-25-16-4-2-3-5-17(16)26-18/h2-5,8-9,18H,6-7,10-12H2,1H3,(H,21,22)/t18-/m0/s1. The van der Waals surface area contributed by atoms with Crippen LogP contribution >= 0.6 is 0 Å². The lowest BCUT2D eigenvalue weighted by atomic mass is 10.0. The third kappa shape index (κ3) is 2.74. The molecule has 134 valence electrons. The number of nitrogens with zero attached hydrogens (tertiary/aromatic N) is 4. The molecular weight excluding hydrogens is 330 g/mol. The van der Waals surface area contributed by atoms with Crippen LogP contribution in [0.2, 0.25) is 0 Å². The van der Waals surface area contributed by atoms with Crippen molar-refractivity contribution in [1.29, 1.82) is 0 Å². The Kier molecular flexibility index (Phi) is 3.67. The van der Waals surface area contributed by atoms with Crippen molar-refractivity contribution in [3.63, 3.8) is 0 Å². The van der Waals surface area contributed by atoms with Gasteiger partial charge in [-0.05, 0) is 12.1 Å². The van der Waals surface area contributed by atoms with Crippen LogP contribution in [0, 0.1) is 0 Å². The van der Waals surface area contributed by atoms with Crippen molar-refractivity contribution in [3.8, 4) is 11.5 Å². The minimum absolute atomic E-state index is 0.178. The summed E-state index contributed by atoms with van der Waals surface area (Å²) >= 11 is 0. The van der Waals surface area contributed by atoms with Gasteiger partial charge in [-0.3, -0.25) is 14.7 Å². The number of H-pyrrole nitrogens is 1. The third-order valence-electron chi connectivity index (χ3n) is 5.02. The Morgan fingerprint density at radius 2 is 2.15 bits per heavy atom. The van der Waals surface area contributed by atoms with Gasteiger partial charge in [0.15, 0.2) is 17.6 Å². The van der Waals surface area contributed by atoms with Gasteiger partial charge in [0.1, 0.15) is 12.3 Å². The molecule has 0 unspecified atom stereocenters. The second kappa shape index (κ2) is 6.17. The Hall–Kier alpha value is -2.80. The third-order valence-corrected chi connectivity index (χ3v) is 5.02. The van der Waals surface area contributed by atoms with Gasteiger partial charge >= 0.3 is 0 Å². The summed E-state index contributed by atoms with van der Waals surface area (Å²) in [7, 11) is 1.95. The highest BCUT2D eigenvalue weighted by atomic mass is 16.6. The highest BCUT2D eigenvalue weighted by Crippen LogP contribution is 2.37. The molecule has 3 aromatic rings. The van der Waals surface area contributed by atoms with Crippen molar-refractivity contribution < 1.29 is 9.47 Å². The number of aromatic amines is 1. The Morgan fingerprint density at radius 3 is 3.00 bits per heavy atom. The van der Waals surface area contributed by atoms with Crippen LogP contribution < -0.4 is 9.47 Å². The van der Waals surface area contributed by atoms with E-state index in [0.717, 1.165) is 43.2 Å². The number of hydrogen-bond donors (Lipinski definition) is 1. The van der Waals surface area contributed by atoms with Gasteiger partial charge in [-0.1, -0.05) is 12.1 Å². The van der Waals surface area contributed by atoms with E-state index in [-0.39, 0.29) is 6.10 Å².